The number of carbonyl (C=O) groups is 2. The number of nitrogens with one attached hydrogen (secondary N) is 1. The summed E-state index contributed by atoms with van der Waals surface area (Å²) in [5, 5.41) is 12.4. The van der Waals surface area contributed by atoms with Crippen molar-refractivity contribution in [2.45, 2.75) is 55.0 Å². The lowest BCUT2D eigenvalue weighted by molar-refractivity contribution is -0.385. The van der Waals surface area contributed by atoms with Crippen LogP contribution in [0.4, 0.5) is 10.5 Å². The van der Waals surface area contributed by atoms with Crippen LogP contribution in [0.5, 0.6) is 0 Å². The number of ether oxygens (including phenoxy) is 1. The Balaban J connectivity index is 1.44. The minimum absolute atomic E-state index is 0.0590. The number of amides is 2. The Labute approximate surface area is 276 Å². The van der Waals surface area contributed by atoms with Crippen LogP contribution in [-0.2, 0) is 14.3 Å². The maximum atomic E-state index is 13.5. The molecule has 8 nitrogen and oxygen atoms in total. The van der Waals surface area contributed by atoms with Crippen molar-refractivity contribution in [1.82, 2.24) is 10.4 Å². The molecular formula is C36H39N3O5SSi. The molecule has 2 amide bonds. The van der Waals surface area contributed by atoms with E-state index in [1.165, 1.54) is 17.1 Å². The van der Waals surface area contributed by atoms with Gasteiger partial charge in [-0.1, -0.05) is 131 Å². The van der Waals surface area contributed by atoms with Crippen molar-refractivity contribution in [3.05, 3.63) is 148 Å². The molecule has 1 N–H and O–H groups in total. The molecule has 1 fully saturated rings. The maximum Gasteiger partial charge on any atom is 0.426 e. The third-order valence-corrected chi connectivity index (χ3v) is 13.5. The summed E-state index contributed by atoms with van der Waals surface area (Å²) in [6, 6.07) is 36.8. The van der Waals surface area contributed by atoms with E-state index in [1.54, 1.807) is 23.9 Å². The first kappa shape index (κ1) is 33.0. The first-order valence-electron chi connectivity index (χ1n) is 15.4. The smallest absolute Gasteiger partial charge is 0.426 e. The van der Waals surface area contributed by atoms with Crippen LogP contribution in [0.2, 0.25) is 5.04 Å². The Hall–Kier alpha value is -4.41. The Morgan fingerprint density at radius 2 is 1.43 bits per heavy atom. The zero-order valence-electron chi connectivity index (χ0n) is 26.5. The number of β-lactam (4-membered cyclic amide) rings is 1. The van der Waals surface area contributed by atoms with Crippen molar-refractivity contribution in [2.75, 3.05) is 0 Å². The maximum absolute atomic E-state index is 13.5. The number of nitrogens with zero attached hydrogens (tertiary/aromatic N) is 2. The molecule has 0 aliphatic carbocycles. The van der Waals surface area contributed by atoms with Crippen LogP contribution < -0.4 is 5.43 Å². The lowest BCUT2D eigenvalue weighted by Gasteiger charge is -2.45. The normalized spacial score (nSPS) is 15.9. The molecule has 1 aliphatic rings. The third kappa shape index (κ3) is 7.03. The molecule has 10 heteroatoms. The van der Waals surface area contributed by atoms with Crippen LogP contribution in [0.3, 0.4) is 0 Å². The highest BCUT2D eigenvalue weighted by Gasteiger charge is 2.47. The summed E-state index contributed by atoms with van der Waals surface area (Å²) >= 11 is 1.59. The van der Waals surface area contributed by atoms with E-state index in [2.05, 4.69) is 69.5 Å². The molecule has 1 aliphatic heterocycles. The van der Waals surface area contributed by atoms with Gasteiger partial charge in [-0.2, -0.15) is 0 Å². The van der Waals surface area contributed by atoms with Crippen LogP contribution in [0.15, 0.2) is 115 Å². The summed E-state index contributed by atoms with van der Waals surface area (Å²) in [5.41, 5.74) is 5.78. The van der Waals surface area contributed by atoms with E-state index >= 15 is 0 Å². The van der Waals surface area contributed by atoms with Gasteiger partial charge in [-0.3, -0.25) is 14.9 Å². The van der Waals surface area contributed by atoms with Gasteiger partial charge < -0.3 is 4.74 Å². The fourth-order valence-corrected chi connectivity index (χ4v) is 9.45. The van der Waals surface area contributed by atoms with Crippen molar-refractivity contribution in [1.29, 1.82) is 0 Å². The van der Waals surface area contributed by atoms with Crippen molar-refractivity contribution in [3.63, 3.8) is 0 Å². The second kappa shape index (κ2) is 13.9. The molecule has 1 saturated heterocycles. The number of hydrogen-bond acceptors (Lipinski definition) is 6. The molecule has 0 spiro atoms. The number of benzene rings is 4. The van der Waals surface area contributed by atoms with E-state index in [1.807, 2.05) is 54.6 Å². The number of hydrogen-bond donors (Lipinski definition) is 1. The van der Waals surface area contributed by atoms with E-state index in [9.17, 15) is 19.7 Å². The van der Waals surface area contributed by atoms with Gasteiger partial charge in [0.1, 0.15) is 11.1 Å². The zero-order chi connectivity index (χ0) is 32.9. The van der Waals surface area contributed by atoms with E-state index in [0.29, 0.717) is 11.5 Å². The van der Waals surface area contributed by atoms with Crippen LogP contribution in [0.1, 0.15) is 62.1 Å². The van der Waals surface area contributed by atoms with E-state index < -0.39 is 31.0 Å². The second-order valence-corrected chi connectivity index (χ2v) is 16.9. The third-order valence-electron chi connectivity index (χ3n) is 8.95. The van der Waals surface area contributed by atoms with Gasteiger partial charge >= 0.3 is 6.09 Å². The molecule has 4 aromatic rings. The number of nitro benzene ring substituents is 1. The molecule has 0 aromatic heterocycles. The number of non-ortho nitro benzene ring substituents is 1. The summed E-state index contributed by atoms with van der Waals surface area (Å²) in [5.74, 6) is 0.0936. The van der Waals surface area contributed by atoms with Gasteiger partial charge in [0.15, 0.2) is 0 Å². The SMILES string of the molecule is CC(C)C(C)(C)[SiH2]C(OC(=O)NN1C(=O)CC1SC(c1ccccc1)(c1ccccc1)c1ccccc1)c1cccc([N+](=O)[O-])c1. The van der Waals surface area contributed by atoms with Crippen LogP contribution in [-0.4, -0.2) is 36.8 Å². The van der Waals surface area contributed by atoms with Crippen LogP contribution >= 0.6 is 11.8 Å². The Bertz CT molecular complexity index is 1570. The van der Waals surface area contributed by atoms with Gasteiger partial charge in [0, 0.05) is 12.1 Å². The Kier molecular flexibility index (Phi) is 9.98. The topological polar surface area (TPSA) is 102 Å². The van der Waals surface area contributed by atoms with Crippen molar-refractivity contribution in [3.8, 4) is 0 Å². The Morgan fingerprint density at radius 1 is 0.913 bits per heavy atom. The molecule has 2 atom stereocenters. The fourth-order valence-electron chi connectivity index (χ4n) is 5.58. The largest absolute Gasteiger partial charge is 0.445 e. The molecule has 2 unspecified atom stereocenters. The zero-order valence-corrected chi connectivity index (χ0v) is 28.7. The standard InChI is InChI=1S/C36H39N3O5SSi/c1-25(2)35(3,4)46-33(26-15-14-22-30(23-26)39(42)43)44-34(41)37-38-31(40)24-32(38)45-36(27-16-8-5-9-17-27,28-18-10-6-11-19-28)29-20-12-7-13-21-29/h5-23,25,32-33H,24,46H2,1-4H3,(H,37,41). The first-order valence-corrected chi connectivity index (χ1v) is 17.8. The lowest BCUT2D eigenvalue weighted by atomic mass is 9.84. The summed E-state index contributed by atoms with van der Waals surface area (Å²) in [4.78, 5) is 37.6. The number of thioether (sulfide) groups is 1. The van der Waals surface area contributed by atoms with Crippen LogP contribution in [0, 0.1) is 16.0 Å². The quantitative estimate of drug-likeness (QED) is 0.0557. The fraction of sp³-hybridized carbons (Fsp3) is 0.278. The second-order valence-electron chi connectivity index (χ2n) is 12.5. The monoisotopic (exact) mass is 653 g/mol. The highest BCUT2D eigenvalue weighted by molar-refractivity contribution is 8.01. The van der Waals surface area contributed by atoms with Gasteiger partial charge in [-0.05, 0) is 33.2 Å². The highest BCUT2D eigenvalue weighted by atomic mass is 32.2. The molecule has 0 bridgehead atoms. The lowest BCUT2D eigenvalue weighted by Crippen LogP contribution is -2.60. The van der Waals surface area contributed by atoms with Crippen molar-refractivity contribution >= 4 is 39.0 Å². The van der Waals surface area contributed by atoms with Gasteiger partial charge in [0.25, 0.3) is 5.69 Å². The predicted octanol–water partition coefficient (Wildman–Crippen LogP) is 7.54. The predicted molar refractivity (Wildman–Crippen MR) is 185 cm³/mol. The molecule has 0 saturated carbocycles. The molecule has 5 rings (SSSR count). The average Bonchev–Trinajstić information content (AvgIpc) is 3.06. The van der Waals surface area contributed by atoms with Gasteiger partial charge in [0.2, 0.25) is 5.91 Å². The van der Waals surface area contributed by atoms with Crippen molar-refractivity contribution < 1.29 is 19.2 Å². The first-order chi connectivity index (χ1) is 22.0. The van der Waals surface area contributed by atoms with E-state index in [4.69, 9.17) is 4.74 Å². The molecular weight excluding hydrogens is 615 g/mol. The van der Waals surface area contributed by atoms with Crippen molar-refractivity contribution in [2.24, 2.45) is 5.92 Å². The summed E-state index contributed by atoms with van der Waals surface area (Å²) in [6.07, 6.45) is -0.519. The number of hydrazine groups is 1. The number of nitro groups is 1. The Morgan fingerprint density at radius 3 is 1.89 bits per heavy atom. The molecule has 4 aromatic carbocycles. The highest BCUT2D eigenvalue weighted by Crippen LogP contribution is 2.52. The minimum atomic E-state index is -1.17. The molecule has 46 heavy (non-hydrogen) atoms. The minimum Gasteiger partial charge on any atom is -0.445 e. The number of rotatable bonds is 12. The summed E-state index contributed by atoms with van der Waals surface area (Å²) < 4.78 is 5.35. The van der Waals surface area contributed by atoms with Gasteiger partial charge in [-0.25, -0.2) is 15.2 Å². The van der Waals surface area contributed by atoms with E-state index in [0.717, 1.165) is 16.7 Å². The molecule has 1 heterocycles. The summed E-state index contributed by atoms with van der Waals surface area (Å²) in [7, 11) is -1.17. The molecule has 0 radical (unpaired) electrons. The number of carbonyl (C=O) groups excluding carboxylic acids is 2. The summed E-state index contributed by atoms with van der Waals surface area (Å²) in [6.45, 7) is 8.52. The van der Waals surface area contributed by atoms with E-state index in [-0.39, 0.29) is 28.4 Å². The molecule has 238 valence electrons. The van der Waals surface area contributed by atoms with Gasteiger partial charge in [-0.15, -0.1) is 11.8 Å². The van der Waals surface area contributed by atoms with Crippen LogP contribution in [0.25, 0.3) is 0 Å². The van der Waals surface area contributed by atoms with Gasteiger partial charge in [0.05, 0.1) is 25.6 Å². The average molecular weight is 654 g/mol.